The molecular weight excluding hydrogens is 234 g/mol. The predicted molar refractivity (Wildman–Crippen MR) is 65.1 cm³/mol. The van der Waals surface area contributed by atoms with E-state index < -0.39 is 5.97 Å². The molecule has 0 bridgehead atoms. The molecule has 1 unspecified atom stereocenters. The molecule has 1 atom stereocenters. The van der Waals surface area contributed by atoms with Crippen LogP contribution in [-0.2, 0) is 4.79 Å². The van der Waals surface area contributed by atoms with Gasteiger partial charge in [0, 0.05) is 31.3 Å². The molecule has 1 N–H and O–H groups in total. The summed E-state index contributed by atoms with van der Waals surface area (Å²) in [4.78, 5) is 12.9. The first kappa shape index (κ1) is 11.2. The highest BCUT2D eigenvalue weighted by Crippen LogP contribution is 2.37. The molecule has 2 aliphatic rings. The average Bonchev–Trinajstić information content (AvgIpc) is 2.95. The highest BCUT2D eigenvalue weighted by Gasteiger charge is 2.25. The Hall–Kier alpha value is -1.91. The molecule has 0 amide bonds. The fraction of sp³-hybridized carbons (Fsp3) is 0.462. The number of carbonyl (C=O) groups is 1. The molecule has 18 heavy (non-hydrogen) atoms. The molecule has 0 radical (unpaired) electrons. The number of ether oxygens (including phenoxy) is 2. The van der Waals surface area contributed by atoms with Crippen LogP contribution in [0.3, 0.4) is 0 Å². The van der Waals surface area contributed by atoms with Crippen molar-refractivity contribution in [3.63, 3.8) is 0 Å². The lowest BCUT2D eigenvalue weighted by atomic mass is 10.1. The highest BCUT2D eigenvalue weighted by molar-refractivity contribution is 5.67. The molecule has 0 aliphatic carbocycles. The summed E-state index contributed by atoms with van der Waals surface area (Å²) in [7, 11) is 0. The minimum atomic E-state index is -0.715. The standard InChI is InChI=1S/C13H15NO4/c15-13(16)5-9-3-4-14(7-9)10-1-2-11-12(6-10)18-8-17-11/h1-2,6,9H,3-5,7-8H2,(H,15,16). The normalized spacial score (nSPS) is 21.3. The summed E-state index contributed by atoms with van der Waals surface area (Å²) in [5.74, 6) is 1.08. The van der Waals surface area contributed by atoms with Crippen LogP contribution in [0.25, 0.3) is 0 Å². The van der Waals surface area contributed by atoms with E-state index in [1.165, 1.54) is 0 Å². The Morgan fingerprint density at radius 3 is 3.06 bits per heavy atom. The van der Waals surface area contributed by atoms with E-state index in [0.717, 1.165) is 36.7 Å². The molecule has 96 valence electrons. The third-order valence-corrected chi connectivity index (χ3v) is 3.47. The molecule has 0 aromatic heterocycles. The quantitative estimate of drug-likeness (QED) is 0.883. The number of hydrogen-bond acceptors (Lipinski definition) is 4. The lowest BCUT2D eigenvalue weighted by Gasteiger charge is -2.18. The second-order valence-corrected chi connectivity index (χ2v) is 4.74. The van der Waals surface area contributed by atoms with E-state index in [2.05, 4.69) is 4.90 Å². The van der Waals surface area contributed by atoms with Crippen LogP contribution >= 0.6 is 0 Å². The first-order valence-electron chi connectivity index (χ1n) is 6.09. The Morgan fingerprint density at radius 2 is 2.22 bits per heavy atom. The zero-order valence-electron chi connectivity index (χ0n) is 9.96. The van der Waals surface area contributed by atoms with Crippen molar-refractivity contribution in [1.29, 1.82) is 0 Å². The van der Waals surface area contributed by atoms with Crippen molar-refractivity contribution in [1.82, 2.24) is 0 Å². The molecule has 1 aromatic rings. The van der Waals surface area contributed by atoms with Crippen molar-refractivity contribution in [2.75, 3.05) is 24.8 Å². The summed E-state index contributed by atoms with van der Waals surface area (Å²) in [6.07, 6.45) is 1.18. The van der Waals surface area contributed by atoms with Gasteiger partial charge in [0.1, 0.15) is 0 Å². The highest BCUT2D eigenvalue weighted by atomic mass is 16.7. The van der Waals surface area contributed by atoms with E-state index in [1.807, 2.05) is 18.2 Å². The predicted octanol–water partition coefficient (Wildman–Crippen LogP) is 1.72. The van der Waals surface area contributed by atoms with E-state index in [0.29, 0.717) is 0 Å². The number of fused-ring (bicyclic) bond motifs is 1. The van der Waals surface area contributed by atoms with Crippen LogP contribution in [0, 0.1) is 5.92 Å². The Morgan fingerprint density at radius 1 is 1.39 bits per heavy atom. The van der Waals surface area contributed by atoms with Crippen LogP contribution in [0.15, 0.2) is 18.2 Å². The smallest absolute Gasteiger partial charge is 0.303 e. The molecule has 2 heterocycles. The number of aliphatic carboxylic acids is 1. The molecule has 2 aliphatic heterocycles. The van der Waals surface area contributed by atoms with Gasteiger partial charge in [-0.05, 0) is 24.5 Å². The maximum absolute atomic E-state index is 10.7. The van der Waals surface area contributed by atoms with Crippen molar-refractivity contribution in [3.05, 3.63) is 18.2 Å². The van der Waals surface area contributed by atoms with Gasteiger partial charge in [0.2, 0.25) is 6.79 Å². The van der Waals surface area contributed by atoms with Crippen molar-refractivity contribution in [2.45, 2.75) is 12.8 Å². The lowest BCUT2D eigenvalue weighted by molar-refractivity contribution is -0.137. The van der Waals surface area contributed by atoms with Gasteiger partial charge in [0.15, 0.2) is 11.5 Å². The Labute approximate surface area is 105 Å². The van der Waals surface area contributed by atoms with Crippen LogP contribution in [0.2, 0.25) is 0 Å². The van der Waals surface area contributed by atoms with E-state index in [4.69, 9.17) is 14.6 Å². The van der Waals surface area contributed by atoms with Gasteiger partial charge >= 0.3 is 5.97 Å². The van der Waals surface area contributed by atoms with Crippen LogP contribution in [0.4, 0.5) is 5.69 Å². The summed E-state index contributed by atoms with van der Waals surface area (Å²) in [6, 6.07) is 5.87. The average molecular weight is 249 g/mol. The van der Waals surface area contributed by atoms with E-state index >= 15 is 0 Å². The first-order valence-corrected chi connectivity index (χ1v) is 6.09. The van der Waals surface area contributed by atoms with Crippen molar-refractivity contribution in [3.8, 4) is 11.5 Å². The van der Waals surface area contributed by atoms with E-state index in [1.54, 1.807) is 0 Å². The molecule has 0 saturated carbocycles. The second kappa shape index (κ2) is 4.40. The summed E-state index contributed by atoms with van der Waals surface area (Å²) in [6.45, 7) is 1.98. The van der Waals surface area contributed by atoms with Gasteiger partial charge in [-0.3, -0.25) is 4.79 Å². The summed E-state index contributed by atoms with van der Waals surface area (Å²) in [5, 5.41) is 8.80. The Balaban J connectivity index is 1.71. The number of rotatable bonds is 3. The SMILES string of the molecule is O=C(O)CC1CCN(c2ccc3c(c2)OCO3)C1. The summed E-state index contributed by atoms with van der Waals surface area (Å²) in [5.41, 5.74) is 1.08. The van der Waals surface area contributed by atoms with E-state index in [-0.39, 0.29) is 19.1 Å². The number of carboxylic acids is 1. The van der Waals surface area contributed by atoms with Gasteiger partial charge in [-0.1, -0.05) is 0 Å². The number of hydrogen-bond donors (Lipinski definition) is 1. The summed E-state index contributed by atoms with van der Waals surface area (Å²) >= 11 is 0. The third-order valence-electron chi connectivity index (χ3n) is 3.47. The number of anilines is 1. The lowest BCUT2D eigenvalue weighted by Crippen LogP contribution is -2.20. The maximum Gasteiger partial charge on any atom is 0.303 e. The molecule has 1 fully saturated rings. The number of carboxylic acid groups (broad SMARTS) is 1. The number of nitrogens with zero attached hydrogens (tertiary/aromatic N) is 1. The number of benzene rings is 1. The largest absolute Gasteiger partial charge is 0.481 e. The van der Waals surface area contributed by atoms with Crippen LogP contribution in [0.5, 0.6) is 11.5 Å². The third kappa shape index (κ3) is 2.08. The monoisotopic (exact) mass is 249 g/mol. The van der Waals surface area contributed by atoms with Gasteiger partial charge in [0.25, 0.3) is 0 Å². The molecule has 3 rings (SSSR count). The first-order chi connectivity index (χ1) is 8.72. The van der Waals surface area contributed by atoms with Gasteiger partial charge in [-0.2, -0.15) is 0 Å². The molecule has 0 spiro atoms. The Kier molecular flexibility index (Phi) is 2.74. The zero-order chi connectivity index (χ0) is 12.5. The van der Waals surface area contributed by atoms with Gasteiger partial charge in [0.05, 0.1) is 0 Å². The second-order valence-electron chi connectivity index (χ2n) is 4.74. The van der Waals surface area contributed by atoms with E-state index in [9.17, 15) is 4.79 Å². The molecule has 1 aromatic carbocycles. The maximum atomic E-state index is 10.7. The van der Waals surface area contributed by atoms with Crippen molar-refractivity contribution < 1.29 is 19.4 Å². The topological polar surface area (TPSA) is 59.0 Å². The minimum Gasteiger partial charge on any atom is -0.481 e. The fourth-order valence-electron chi connectivity index (χ4n) is 2.56. The van der Waals surface area contributed by atoms with Gasteiger partial charge in [-0.25, -0.2) is 0 Å². The molecule has 5 heteroatoms. The van der Waals surface area contributed by atoms with Gasteiger partial charge in [-0.15, -0.1) is 0 Å². The molecule has 5 nitrogen and oxygen atoms in total. The van der Waals surface area contributed by atoms with Crippen molar-refractivity contribution in [2.24, 2.45) is 5.92 Å². The van der Waals surface area contributed by atoms with Crippen LogP contribution in [-0.4, -0.2) is 31.0 Å². The molecule has 1 saturated heterocycles. The van der Waals surface area contributed by atoms with Gasteiger partial charge < -0.3 is 19.5 Å². The Bertz CT molecular complexity index is 474. The molecular formula is C13H15NO4. The van der Waals surface area contributed by atoms with Crippen molar-refractivity contribution >= 4 is 11.7 Å². The van der Waals surface area contributed by atoms with Crippen LogP contribution in [0.1, 0.15) is 12.8 Å². The fourth-order valence-corrected chi connectivity index (χ4v) is 2.56. The zero-order valence-corrected chi connectivity index (χ0v) is 9.96. The van der Waals surface area contributed by atoms with Crippen LogP contribution < -0.4 is 14.4 Å². The minimum absolute atomic E-state index is 0.243. The summed E-state index contributed by atoms with van der Waals surface area (Å²) < 4.78 is 10.6.